The summed E-state index contributed by atoms with van der Waals surface area (Å²) in [6.07, 6.45) is 0. The van der Waals surface area contributed by atoms with E-state index < -0.39 is 0 Å². The first-order valence-electron chi connectivity index (χ1n) is 6.84. The molecule has 0 bridgehead atoms. The van der Waals surface area contributed by atoms with E-state index in [4.69, 9.17) is 9.47 Å². The highest BCUT2D eigenvalue weighted by atomic mass is 35.5. The molecular weight excluding hydrogens is 286 g/mol. The molecule has 4 heteroatoms. The first kappa shape index (κ1) is 17.5. The highest BCUT2D eigenvalue weighted by Gasteiger charge is 1.98. The molecule has 0 aliphatic carbocycles. The highest BCUT2D eigenvalue weighted by molar-refractivity contribution is 5.29. The lowest BCUT2D eigenvalue weighted by Gasteiger charge is -2.09. The van der Waals surface area contributed by atoms with Gasteiger partial charge in [-0.2, -0.15) is 0 Å². The van der Waals surface area contributed by atoms with Gasteiger partial charge in [-0.25, -0.2) is 0 Å². The fourth-order valence-corrected chi connectivity index (χ4v) is 1.89. The maximum atomic E-state index is 5.81. The topological polar surface area (TPSA) is 30.5 Å². The molecule has 2 aromatic rings. The fraction of sp³-hybridized carbons (Fsp3) is 0.294. The number of rotatable bonds is 8. The third-order valence-electron chi connectivity index (χ3n) is 2.96. The van der Waals surface area contributed by atoms with Gasteiger partial charge in [0.25, 0.3) is 0 Å². The van der Waals surface area contributed by atoms with Gasteiger partial charge in [0.2, 0.25) is 0 Å². The predicted molar refractivity (Wildman–Crippen MR) is 80.8 cm³/mol. The van der Waals surface area contributed by atoms with Crippen LogP contribution in [-0.2, 0) is 17.9 Å². The summed E-state index contributed by atoms with van der Waals surface area (Å²) in [5, 5.41) is 3.32. The van der Waals surface area contributed by atoms with Gasteiger partial charge < -0.3 is 27.2 Å². The number of methoxy groups -OCH3 is 1. The lowest BCUT2D eigenvalue weighted by molar-refractivity contribution is -0.00000484. The van der Waals surface area contributed by atoms with E-state index in [1.54, 1.807) is 7.11 Å². The molecule has 21 heavy (non-hydrogen) atoms. The zero-order valence-electron chi connectivity index (χ0n) is 12.2. The third kappa shape index (κ3) is 6.63. The summed E-state index contributed by atoms with van der Waals surface area (Å²) in [5.41, 5.74) is 2.39. The van der Waals surface area contributed by atoms with Crippen LogP contribution in [0.15, 0.2) is 54.6 Å². The second-order valence-corrected chi connectivity index (χ2v) is 4.59. The summed E-state index contributed by atoms with van der Waals surface area (Å²) >= 11 is 0. The number of hydrogen-bond donors (Lipinski definition) is 1. The number of hydrogen-bond acceptors (Lipinski definition) is 3. The maximum absolute atomic E-state index is 5.81. The number of halogens is 1. The molecule has 0 amide bonds. The Morgan fingerprint density at radius 2 is 1.71 bits per heavy atom. The van der Waals surface area contributed by atoms with E-state index in [1.807, 2.05) is 30.3 Å². The van der Waals surface area contributed by atoms with E-state index in [9.17, 15) is 0 Å². The van der Waals surface area contributed by atoms with Crippen molar-refractivity contribution in [3.8, 4) is 5.75 Å². The van der Waals surface area contributed by atoms with Crippen LogP contribution in [0.25, 0.3) is 0 Å². The smallest absolute Gasteiger partial charge is 0.120 e. The molecule has 0 unspecified atom stereocenters. The van der Waals surface area contributed by atoms with Crippen LogP contribution in [0.4, 0.5) is 0 Å². The van der Waals surface area contributed by atoms with E-state index in [0.717, 1.165) is 25.4 Å². The highest BCUT2D eigenvalue weighted by Crippen LogP contribution is 2.15. The van der Waals surface area contributed by atoms with Crippen LogP contribution in [0, 0.1) is 0 Å². The Morgan fingerprint density at radius 3 is 2.48 bits per heavy atom. The zero-order chi connectivity index (χ0) is 14.0. The Morgan fingerprint density at radius 1 is 0.952 bits per heavy atom. The van der Waals surface area contributed by atoms with Crippen LogP contribution in [0.3, 0.4) is 0 Å². The summed E-state index contributed by atoms with van der Waals surface area (Å²) < 4.78 is 10.8. The average Bonchev–Trinajstić information content (AvgIpc) is 2.51. The lowest BCUT2D eigenvalue weighted by Crippen LogP contribution is -3.00. The molecule has 114 valence electrons. The van der Waals surface area contributed by atoms with Crippen molar-refractivity contribution in [2.75, 3.05) is 20.3 Å². The van der Waals surface area contributed by atoms with Crippen molar-refractivity contribution in [1.29, 1.82) is 0 Å². The molecule has 0 aromatic heterocycles. The van der Waals surface area contributed by atoms with Crippen LogP contribution >= 0.6 is 0 Å². The molecule has 3 nitrogen and oxygen atoms in total. The van der Waals surface area contributed by atoms with Gasteiger partial charge in [-0.15, -0.1) is 0 Å². The standard InChI is InChI=1S/C17H21NO2.ClH/c1-19-11-10-18-13-16-8-5-9-17(12-16)20-14-15-6-3-2-4-7-15;/h2-9,12,18H,10-11,13-14H2,1H3;1H/p-1. The van der Waals surface area contributed by atoms with Crippen molar-refractivity contribution >= 4 is 0 Å². The van der Waals surface area contributed by atoms with Crippen LogP contribution in [0.2, 0.25) is 0 Å². The molecule has 0 fully saturated rings. The SMILES string of the molecule is COCCNCc1cccc(OCc2ccccc2)c1.[Cl-]. The van der Waals surface area contributed by atoms with E-state index in [-0.39, 0.29) is 12.4 Å². The van der Waals surface area contributed by atoms with E-state index in [1.165, 1.54) is 11.1 Å². The molecule has 0 spiro atoms. The molecule has 0 atom stereocenters. The van der Waals surface area contributed by atoms with Crippen molar-refractivity contribution in [2.24, 2.45) is 0 Å². The first-order valence-corrected chi connectivity index (χ1v) is 6.84. The monoisotopic (exact) mass is 306 g/mol. The number of ether oxygens (including phenoxy) is 2. The van der Waals surface area contributed by atoms with E-state index >= 15 is 0 Å². The minimum absolute atomic E-state index is 0. The normalized spacial score (nSPS) is 9.95. The Balaban J connectivity index is 0.00000220. The van der Waals surface area contributed by atoms with Crippen LogP contribution in [0.5, 0.6) is 5.75 Å². The van der Waals surface area contributed by atoms with Crippen molar-refractivity contribution in [1.82, 2.24) is 5.32 Å². The average molecular weight is 307 g/mol. The lowest BCUT2D eigenvalue weighted by atomic mass is 10.2. The number of benzene rings is 2. The van der Waals surface area contributed by atoms with Gasteiger partial charge in [0.15, 0.2) is 0 Å². The molecule has 1 N–H and O–H groups in total. The molecule has 0 saturated carbocycles. The largest absolute Gasteiger partial charge is 1.00 e. The Kier molecular flexibility index (Phi) is 8.51. The van der Waals surface area contributed by atoms with Gasteiger partial charge in [-0.05, 0) is 23.3 Å². The zero-order valence-corrected chi connectivity index (χ0v) is 13.0. The molecule has 2 rings (SSSR count). The van der Waals surface area contributed by atoms with Gasteiger partial charge in [0, 0.05) is 20.2 Å². The second kappa shape index (κ2) is 10.2. The van der Waals surface area contributed by atoms with Crippen molar-refractivity contribution in [2.45, 2.75) is 13.2 Å². The molecular formula is C17H21ClNO2-. The summed E-state index contributed by atoms with van der Waals surface area (Å²) in [6.45, 7) is 3.00. The van der Waals surface area contributed by atoms with Crippen molar-refractivity contribution < 1.29 is 21.9 Å². The van der Waals surface area contributed by atoms with Gasteiger partial charge in [0.1, 0.15) is 12.4 Å². The van der Waals surface area contributed by atoms with Gasteiger partial charge in [0.05, 0.1) is 6.61 Å². The minimum atomic E-state index is 0. The number of nitrogens with one attached hydrogen (secondary N) is 1. The maximum Gasteiger partial charge on any atom is 0.120 e. The van der Waals surface area contributed by atoms with E-state index in [0.29, 0.717) is 6.61 Å². The third-order valence-corrected chi connectivity index (χ3v) is 2.96. The molecule has 0 radical (unpaired) electrons. The molecule has 0 aliphatic heterocycles. The summed E-state index contributed by atoms with van der Waals surface area (Å²) in [7, 11) is 1.71. The van der Waals surface area contributed by atoms with Crippen LogP contribution in [-0.4, -0.2) is 20.3 Å². The Bertz CT molecular complexity index is 505. The van der Waals surface area contributed by atoms with Crippen molar-refractivity contribution in [3.63, 3.8) is 0 Å². The van der Waals surface area contributed by atoms with Crippen LogP contribution in [0.1, 0.15) is 11.1 Å². The summed E-state index contributed by atoms with van der Waals surface area (Å²) in [5.74, 6) is 0.903. The Labute approximate surface area is 132 Å². The summed E-state index contributed by atoms with van der Waals surface area (Å²) in [6, 6.07) is 18.4. The fourth-order valence-electron chi connectivity index (χ4n) is 1.89. The van der Waals surface area contributed by atoms with E-state index in [2.05, 4.69) is 29.6 Å². The van der Waals surface area contributed by atoms with Gasteiger partial charge >= 0.3 is 0 Å². The molecule has 2 aromatic carbocycles. The second-order valence-electron chi connectivity index (χ2n) is 4.59. The predicted octanol–water partition coefficient (Wildman–Crippen LogP) is 0.00560. The summed E-state index contributed by atoms with van der Waals surface area (Å²) in [4.78, 5) is 0. The van der Waals surface area contributed by atoms with Gasteiger partial charge in [-0.3, -0.25) is 0 Å². The van der Waals surface area contributed by atoms with Crippen LogP contribution < -0.4 is 22.5 Å². The van der Waals surface area contributed by atoms with Crippen molar-refractivity contribution in [3.05, 3.63) is 65.7 Å². The van der Waals surface area contributed by atoms with Gasteiger partial charge in [-0.1, -0.05) is 42.5 Å². The molecule has 0 saturated heterocycles. The molecule has 0 heterocycles. The molecule has 0 aliphatic rings. The Hall–Kier alpha value is -1.55. The minimum Gasteiger partial charge on any atom is -1.00 e. The first-order chi connectivity index (χ1) is 9.88. The quantitative estimate of drug-likeness (QED) is 0.697.